The van der Waals surface area contributed by atoms with Crippen molar-refractivity contribution in [2.45, 2.75) is 76.5 Å². The summed E-state index contributed by atoms with van der Waals surface area (Å²) < 4.78 is 7.05. The summed E-state index contributed by atoms with van der Waals surface area (Å²) >= 11 is 0. The van der Waals surface area contributed by atoms with Crippen molar-refractivity contribution in [3.8, 4) is 22.3 Å². The first-order valence-corrected chi connectivity index (χ1v) is 20.0. The summed E-state index contributed by atoms with van der Waals surface area (Å²) in [5, 5.41) is 5.08. The van der Waals surface area contributed by atoms with Gasteiger partial charge in [-0.1, -0.05) is 138 Å². The molecule has 1 fully saturated rings. The lowest BCUT2D eigenvalue weighted by molar-refractivity contribution is 0.442. The molecule has 264 valence electrons. The van der Waals surface area contributed by atoms with Gasteiger partial charge in [0.05, 0.1) is 5.69 Å². The van der Waals surface area contributed by atoms with Crippen molar-refractivity contribution in [3.05, 3.63) is 161 Å². The zero-order chi connectivity index (χ0) is 36.3. The van der Waals surface area contributed by atoms with Crippen LogP contribution in [0.5, 0.6) is 0 Å². The molecule has 2 heteroatoms. The highest BCUT2D eigenvalue weighted by atomic mass is 16.3. The molecule has 1 aromatic heterocycles. The monoisotopic (exact) mass is 699 g/mol. The minimum Gasteiger partial charge on any atom is -0.454 e. The maximum absolute atomic E-state index is 7.05. The number of hydrogen-bond donors (Lipinski definition) is 0. The van der Waals surface area contributed by atoms with Crippen LogP contribution in [0.3, 0.4) is 0 Å². The average Bonchev–Trinajstić information content (AvgIpc) is 3.78. The molecule has 11 rings (SSSR count). The highest BCUT2D eigenvalue weighted by Crippen LogP contribution is 2.58. The molecule has 7 aromatic carbocycles. The standard InChI is InChI=1S/C52H45NO/c1-51(2)44-29-35(26-28-38(44)42-30-46-43(31-45(42)51)39-27-25-33-17-11-12-20-36(33)48(39)52(46,3)4)53(34-18-9-6-10-19-34)47-24-14-23-41-40-22-13-21-37(49(40)54-50(41)47)32-15-7-5-8-16-32/h6,9-14,17-32H,5,7-8,15-16H2,1-4H3. The largest absolute Gasteiger partial charge is 0.454 e. The Morgan fingerprint density at radius 3 is 1.96 bits per heavy atom. The third-order valence-electron chi connectivity index (χ3n) is 13.4. The molecule has 0 spiro atoms. The average molecular weight is 700 g/mol. The van der Waals surface area contributed by atoms with E-state index in [9.17, 15) is 0 Å². The lowest BCUT2D eigenvalue weighted by Gasteiger charge is -2.28. The van der Waals surface area contributed by atoms with Gasteiger partial charge in [0.2, 0.25) is 0 Å². The van der Waals surface area contributed by atoms with Gasteiger partial charge in [-0.15, -0.1) is 0 Å². The Bertz CT molecular complexity index is 2810. The molecule has 54 heavy (non-hydrogen) atoms. The van der Waals surface area contributed by atoms with E-state index in [1.807, 2.05) is 0 Å². The van der Waals surface area contributed by atoms with Gasteiger partial charge in [0, 0.05) is 33.0 Å². The number of hydrogen-bond acceptors (Lipinski definition) is 2. The second kappa shape index (κ2) is 11.5. The fourth-order valence-corrected chi connectivity index (χ4v) is 10.7. The van der Waals surface area contributed by atoms with Gasteiger partial charge in [-0.2, -0.15) is 0 Å². The summed E-state index contributed by atoms with van der Waals surface area (Å²) in [6, 6.07) is 50.0. The van der Waals surface area contributed by atoms with Crippen molar-refractivity contribution >= 4 is 49.8 Å². The van der Waals surface area contributed by atoms with Crippen molar-refractivity contribution in [2.24, 2.45) is 0 Å². The summed E-state index contributed by atoms with van der Waals surface area (Å²) in [4.78, 5) is 2.41. The van der Waals surface area contributed by atoms with Crippen LogP contribution in [0.25, 0.3) is 55.0 Å². The number of anilines is 3. The Morgan fingerprint density at radius 2 is 1.15 bits per heavy atom. The van der Waals surface area contributed by atoms with Crippen molar-refractivity contribution in [2.75, 3.05) is 4.90 Å². The molecule has 0 N–H and O–H groups in total. The van der Waals surface area contributed by atoms with Gasteiger partial charge < -0.3 is 9.32 Å². The van der Waals surface area contributed by atoms with E-state index in [2.05, 4.69) is 166 Å². The van der Waals surface area contributed by atoms with Crippen molar-refractivity contribution in [1.82, 2.24) is 0 Å². The molecule has 0 unspecified atom stereocenters. The fraction of sp³-hybridized carbons (Fsp3) is 0.231. The molecule has 0 radical (unpaired) electrons. The Morgan fingerprint density at radius 1 is 0.500 bits per heavy atom. The van der Waals surface area contributed by atoms with Crippen LogP contribution in [0, 0.1) is 0 Å². The van der Waals surface area contributed by atoms with Crippen molar-refractivity contribution < 1.29 is 4.42 Å². The van der Waals surface area contributed by atoms with E-state index in [4.69, 9.17) is 4.42 Å². The lowest BCUT2D eigenvalue weighted by atomic mass is 9.78. The molecule has 0 amide bonds. The molecule has 0 atom stereocenters. The number of furan rings is 1. The lowest BCUT2D eigenvalue weighted by Crippen LogP contribution is -2.17. The highest BCUT2D eigenvalue weighted by molar-refractivity contribution is 6.11. The second-order valence-corrected chi connectivity index (χ2v) is 17.1. The molecule has 0 saturated heterocycles. The summed E-state index contributed by atoms with van der Waals surface area (Å²) in [7, 11) is 0. The van der Waals surface area contributed by atoms with Crippen molar-refractivity contribution in [1.29, 1.82) is 0 Å². The molecule has 8 aromatic rings. The van der Waals surface area contributed by atoms with Crippen LogP contribution in [-0.4, -0.2) is 0 Å². The Balaban J connectivity index is 1.07. The molecule has 0 bridgehead atoms. The molecule has 3 aliphatic carbocycles. The van der Waals surface area contributed by atoms with Gasteiger partial charge in [0.1, 0.15) is 5.58 Å². The van der Waals surface area contributed by atoms with E-state index in [1.54, 1.807) is 0 Å². The predicted molar refractivity (Wildman–Crippen MR) is 227 cm³/mol. The maximum atomic E-state index is 7.05. The molecular weight excluding hydrogens is 655 g/mol. The first-order chi connectivity index (χ1) is 26.3. The first-order valence-electron chi connectivity index (χ1n) is 20.0. The number of fused-ring (bicyclic) bond motifs is 11. The van der Waals surface area contributed by atoms with Crippen molar-refractivity contribution in [3.63, 3.8) is 0 Å². The predicted octanol–water partition coefficient (Wildman–Crippen LogP) is 14.9. The number of para-hydroxylation sites is 3. The molecule has 1 heterocycles. The van der Waals surface area contributed by atoms with Crippen LogP contribution in [0.15, 0.2) is 138 Å². The minimum absolute atomic E-state index is 0.0976. The van der Waals surface area contributed by atoms with Crippen LogP contribution in [-0.2, 0) is 10.8 Å². The summed E-state index contributed by atoms with van der Waals surface area (Å²) in [6.07, 6.45) is 6.44. The van der Waals surface area contributed by atoms with E-state index in [-0.39, 0.29) is 10.8 Å². The van der Waals surface area contributed by atoms with E-state index in [1.165, 1.54) is 104 Å². The van der Waals surface area contributed by atoms with Gasteiger partial charge in [-0.05, 0) is 122 Å². The topological polar surface area (TPSA) is 16.4 Å². The fourth-order valence-electron chi connectivity index (χ4n) is 10.7. The van der Waals surface area contributed by atoms with Gasteiger partial charge in [-0.3, -0.25) is 0 Å². The molecular formula is C52H45NO. The Labute approximate surface area is 318 Å². The Kier molecular flexibility index (Phi) is 6.76. The minimum atomic E-state index is -0.178. The number of rotatable bonds is 4. The summed E-state index contributed by atoms with van der Waals surface area (Å²) in [5.41, 5.74) is 17.6. The molecule has 1 saturated carbocycles. The third kappa shape index (κ3) is 4.40. The van der Waals surface area contributed by atoms with E-state index >= 15 is 0 Å². The van der Waals surface area contributed by atoms with E-state index < -0.39 is 0 Å². The molecule has 2 nitrogen and oxygen atoms in total. The SMILES string of the molecule is CC1(C)c2cc(N(c3ccccc3)c3cccc4c3oc3c(C5CCCCC5)cccc34)ccc2-c2cc3c(cc21)-c1ccc2ccccc2c1C3(C)C. The quantitative estimate of drug-likeness (QED) is 0.182. The highest BCUT2D eigenvalue weighted by Gasteiger charge is 2.42. The van der Waals surface area contributed by atoms with Gasteiger partial charge in [-0.25, -0.2) is 0 Å². The molecule has 3 aliphatic rings. The van der Waals surface area contributed by atoms with Crippen LogP contribution in [0.2, 0.25) is 0 Å². The smallest absolute Gasteiger partial charge is 0.159 e. The summed E-state index contributed by atoms with van der Waals surface area (Å²) in [6.45, 7) is 9.65. The van der Waals surface area contributed by atoms with Crippen LogP contribution >= 0.6 is 0 Å². The van der Waals surface area contributed by atoms with Crippen LogP contribution in [0.4, 0.5) is 17.1 Å². The summed E-state index contributed by atoms with van der Waals surface area (Å²) in [5.74, 6) is 0.567. The van der Waals surface area contributed by atoms with Gasteiger partial charge in [0.15, 0.2) is 5.58 Å². The first kappa shape index (κ1) is 31.9. The molecule has 0 aliphatic heterocycles. The normalized spacial score (nSPS) is 16.7. The van der Waals surface area contributed by atoms with E-state index in [0.29, 0.717) is 5.92 Å². The van der Waals surface area contributed by atoms with Gasteiger partial charge >= 0.3 is 0 Å². The van der Waals surface area contributed by atoms with Crippen LogP contribution < -0.4 is 4.90 Å². The zero-order valence-corrected chi connectivity index (χ0v) is 31.7. The van der Waals surface area contributed by atoms with Crippen LogP contribution in [0.1, 0.15) is 93.5 Å². The third-order valence-corrected chi connectivity index (χ3v) is 13.4. The second-order valence-electron chi connectivity index (χ2n) is 17.1. The number of nitrogens with zero attached hydrogens (tertiary/aromatic N) is 1. The van der Waals surface area contributed by atoms with E-state index in [0.717, 1.165) is 28.2 Å². The Hall–Kier alpha value is -5.60. The maximum Gasteiger partial charge on any atom is 0.159 e. The number of benzene rings is 7. The van der Waals surface area contributed by atoms with Gasteiger partial charge in [0.25, 0.3) is 0 Å². The zero-order valence-electron chi connectivity index (χ0n) is 31.7.